The normalized spacial score (nSPS) is 22.5. The molecule has 1 aromatic carbocycles. The minimum Gasteiger partial charge on any atom is -0.396 e. The molecule has 1 heterocycles. The fourth-order valence-electron chi connectivity index (χ4n) is 3.50. The van der Waals surface area contributed by atoms with Crippen molar-refractivity contribution in [2.75, 3.05) is 13.2 Å². The summed E-state index contributed by atoms with van der Waals surface area (Å²) < 4.78 is 0. The van der Waals surface area contributed by atoms with E-state index in [1.807, 2.05) is 12.3 Å². The Hall–Kier alpha value is -1.45. The molecule has 3 nitrogen and oxygen atoms in total. The van der Waals surface area contributed by atoms with Gasteiger partial charge >= 0.3 is 0 Å². The van der Waals surface area contributed by atoms with Gasteiger partial charge < -0.3 is 10.4 Å². The number of aliphatic hydroxyl groups excluding tert-OH is 1. The van der Waals surface area contributed by atoms with Gasteiger partial charge in [0.2, 0.25) is 0 Å². The monoisotopic (exact) mass is 284 g/mol. The highest BCUT2D eigenvalue weighted by Gasteiger charge is 2.23. The van der Waals surface area contributed by atoms with Gasteiger partial charge in [0.1, 0.15) is 0 Å². The number of nitrogens with one attached hydrogen (secondary N) is 1. The third kappa shape index (κ3) is 3.42. The number of nitrogens with zero attached hydrogens (tertiary/aromatic N) is 1. The second-order valence-corrected chi connectivity index (χ2v) is 6.11. The fraction of sp³-hybridized carbons (Fsp3) is 0.500. The molecule has 3 heteroatoms. The third-order valence-electron chi connectivity index (χ3n) is 4.76. The molecule has 1 aliphatic rings. The molecule has 3 rings (SSSR count). The van der Waals surface area contributed by atoms with Gasteiger partial charge in [0.05, 0.1) is 5.52 Å². The van der Waals surface area contributed by atoms with Crippen LogP contribution < -0.4 is 5.32 Å². The minimum absolute atomic E-state index is 0.338. The van der Waals surface area contributed by atoms with E-state index in [-0.39, 0.29) is 0 Å². The summed E-state index contributed by atoms with van der Waals surface area (Å²) in [6, 6.07) is 10.4. The summed E-state index contributed by atoms with van der Waals surface area (Å²) in [5.41, 5.74) is 2.36. The Morgan fingerprint density at radius 2 is 1.90 bits per heavy atom. The smallest absolute Gasteiger partial charge is 0.0705 e. The van der Waals surface area contributed by atoms with Crippen molar-refractivity contribution in [2.24, 2.45) is 11.8 Å². The highest BCUT2D eigenvalue weighted by molar-refractivity contribution is 5.81. The molecule has 1 aliphatic carbocycles. The lowest BCUT2D eigenvalue weighted by Gasteiger charge is -2.30. The topological polar surface area (TPSA) is 45.1 Å². The SMILES string of the molecule is OCC1CCCCC1CNCc1ccnc2ccccc12. The number of aromatic nitrogens is 1. The van der Waals surface area contributed by atoms with Crippen molar-refractivity contribution < 1.29 is 5.11 Å². The van der Waals surface area contributed by atoms with Gasteiger partial charge in [0.15, 0.2) is 0 Å². The van der Waals surface area contributed by atoms with Crippen LogP contribution in [0.5, 0.6) is 0 Å². The zero-order chi connectivity index (χ0) is 14.5. The number of pyridine rings is 1. The summed E-state index contributed by atoms with van der Waals surface area (Å²) >= 11 is 0. The predicted molar refractivity (Wildman–Crippen MR) is 86.0 cm³/mol. The highest BCUT2D eigenvalue weighted by atomic mass is 16.3. The van der Waals surface area contributed by atoms with Crippen LogP contribution in [0.1, 0.15) is 31.2 Å². The number of hydrogen-bond donors (Lipinski definition) is 2. The summed E-state index contributed by atoms with van der Waals surface area (Å²) in [4.78, 5) is 4.40. The van der Waals surface area contributed by atoms with Gasteiger partial charge in [-0.1, -0.05) is 31.0 Å². The molecule has 0 spiro atoms. The van der Waals surface area contributed by atoms with Crippen LogP contribution >= 0.6 is 0 Å². The zero-order valence-corrected chi connectivity index (χ0v) is 12.5. The second kappa shape index (κ2) is 7.01. The Labute approximate surface area is 126 Å². The lowest BCUT2D eigenvalue weighted by molar-refractivity contribution is 0.133. The van der Waals surface area contributed by atoms with Gasteiger partial charge in [-0.05, 0) is 48.9 Å². The minimum atomic E-state index is 0.338. The lowest BCUT2D eigenvalue weighted by Crippen LogP contribution is -2.32. The van der Waals surface area contributed by atoms with Crippen LogP contribution in [0.2, 0.25) is 0 Å². The molecule has 2 atom stereocenters. The Morgan fingerprint density at radius 3 is 2.76 bits per heavy atom. The number of fused-ring (bicyclic) bond motifs is 1. The number of aliphatic hydroxyl groups is 1. The van der Waals surface area contributed by atoms with Gasteiger partial charge in [-0.2, -0.15) is 0 Å². The van der Waals surface area contributed by atoms with E-state index >= 15 is 0 Å². The summed E-state index contributed by atoms with van der Waals surface area (Å²) in [5.74, 6) is 1.11. The Balaban J connectivity index is 1.61. The van der Waals surface area contributed by atoms with E-state index in [9.17, 15) is 5.11 Å². The van der Waals surface area contributed by atoms with Crippen molar-refractivity contribution in [3.8, 4) is 0 Å². The first-order valence-corrected chi connectivity index (χ1v) is 8.02. The van der Waals surface area contributed by atoms with Crippen molar-refractivity contribution >= 4 is 10.9 Å². The molecule has 1 aromatic heterocycles. The van der Waals surface area contributed by atoms with E-state index in [1.54, 1.807) is 0 Å². The number of para-hydroxylation sites is 1. The predicted octanol–water partition coefficient (Wildman–Crippen LogP) is 3.12. The average Bonchev–Trinajstić information content (AvgIpc) is 2.55. The standard InChI is InChI=1S/C18H24N2O/c21-13-16-6-2-1-5-14(16)11-19-12-15-9-10-20-18-8-4-3-7-17(15)18/h3-4,7-10,14,16,19,21H,1-2,5-6,11-13H2. The van der Waals surface area contributed by atoms with Gasteiger partial charge in [-0.3, -0.25) is 4.98 Å². The molecular weight excluding hydrogens is 260 g/mol. The average molecular weight is 284 g/mol. The molecule has 2 unspecified atom stereocenters. The summed E-state index contributed by atoms with van der Waals surface area (Å²) in [5, 5.41) is 14.3. The van der Waals surface area contributed by atoms with Gasteiger partial charge in [-0.25, -0.2) is 0 Å². The van der Waals surface area contributed by atoms with Gasteiger partial charge in [-0.15, -0.1) is 0 Å². The first-order chi connectivity index (χ1) is 10.4. The van der Waals surface area contributed by atoms with Crippen LogP contribution in [0.25, 0.3) is 10.9 Å². The molecule has 0 bridgehead atoms. The molecule has 21 heavy (non-hydrogen) atoms. The van der Waals surface area contributed by atoms with Gasteiger partial charge in [0.25, 0.3) is 0 Å². The molecule has 0 radical (unpaired) electrons. The number of benzene rings is 1. The first kappa shape index (κ1) is 14.5. The van der Waals surface area contributed by atoms with Crippen LogP contribution in [0.15, 0.2) is 36.5 Å². The molecule has 0 saturated heterocycles. The number of rotatable bonds is 5. The summed E-state index contributed by atoms with van der Waals surface area (Å²) in [7, 11) is 0. The van der Waals surface area contributed by atoms with Crippen LogP contribution in [0, 0.1) is 11.8 Å². The largest absolute Gasteiger partial charge is 0.396 e. The van der Waals surface area contributed by atoms with Crippen molar-refractivity contribution in [1.82, 2.24) is 10.3 Å². The molecule has 0 amide bonds. The van der Waals surface area contributed by atoms with Crippen molar-refractivity contribution in [1.29, 1.82) is 0 Å². The van der Waals surface area contributed by atoms with E-state index in [0.29, 0.717) is 18.4 Å². The maximum Gasteiger partial charge on any atom is 0.0705 e. The van der Waals surface area contributed by atoms with E-state index in [0.717, 1.165) is 18.6 Å². The first-order valence-electron chi connectivity index (χ1n) is 8.02. The molecule has 112 valence electrons. The maximum atomic E-state index is 9.48. The fourth-order valence-corrected chi connectivity index (χ4v) is 3.50. The van der Waals surface area contributed by atoms with Gasteiger partial charge in [0, 0.05) is 24.7 Å². The summed E-state index contributed by atoms with van der Waals surface area (Å²) in [6.07, 6.45) is 6.89. The molecular formula is C18H24N2O. The summed E-state index contributed by atoms with van der Waals surface area (Å²) in [6.45, 7) is 2.21. The quantitative estimate of drug-likeness (QED) is 0.886. The van der Waals surface area contributed by atoms with Crippen LogP contribution in [0.3, 0.4) is 0 Å². The number of hydrogen-bond acceptors (Lipinski definition) is 3. The van der Waals surface area contributed by atoms with Crippen LogP contribution in [-0.4, -0.2) is 23.2 Å². The third-order valence-corrected chi connectivity index (χ3v) is 4.76. The molecule has 1 fully saturated rings. The zero-order valence-electron chi connectivity index (χ0n) is 12.5. The second-order valence-electron chi connectivity index (χ2n) is 6.11. The van der Waals surface area contributed by atoms with Crippen LogP contribution in [0.4, 0.5) is 0 Å². The van der Waals surface area contributed by atoms with Crippen molar-refractivity contribution in [3.05, 3.63) is 42.1 Å². The Bertz CT molecular complexity index is 579. The molecule has 1 saturated carbocycles. The van der Waals surface area contributed by atoms with E-state index in [1.165, 1.54) is 36.6 Å². The van der Waals surface area contributed by atoms with Crippen molar-refractivity contribution in [2.45, 2.75) is 32.2 Å². The lowest BCUT2D eigenvalue weighted by atomic mass is 9.79. The Morgan fingerprint density at radius 1 is 1.10 bits per heavy atom. The van der Waals surface area contributed by atoms with E-state index in [2.05, 4.69) is 34.6 Å². The van der Waals surface area contributed by atoms with E-state index < -0.39 is 0 Å². The molecule has 0 aliphatic heterocycles. The van der Waals surface area contributed by atoms with Crippen molar-refractivity contribution in [3.63, 3.8) is 0 Å². The highest BCUT2D eigenvalue weighted by Crippen LogP contribution is 2.29. The maximum absolute atomic E-state index is 9.48. The Kier molecular flexibility index (Phi) is 4.84. The van der Waals surface area contributed by atoms with E-state index in [4.69, 9.17) is 0 Å². The molecule has 2 N–H and O–H groups in total. The molecule has 2 aromatic rings. The van der Waals surface area contributed by atoms with Crippen LogP contribution in [-0.2, 0) is 6.54 Å².